The Bertz CT molecular complexity index is 1710. The van der Waals surface area contributed by atoms with E-state index in [-0.39, 0.29) is 0 Å². The molecule has 0 aromatic heterocycles. The lowest BCUT2D eigenvalue weighted by molar-refractivity contribution is 0.253. The van der Waals surface area contributed by atoms with Crippen molar-refractivity contribution in [3.8, 4) is 52.8 Å². The van der Waals surface area contributed by atoms with Gasteiger partial charge >= 0.3 is 0 Å². The summed E-state index contributed by atoms with van der Waals surface area (Å²) in [5.41, 5.74) is 9.75. The molecule has 4 aromatic rings. The van der Waals surface area contributed by atoms with Gasteiger partial charge in [0.25, 0.3) is 0 Å². The van der Waals surface area contributed by atoms with Gasteiger partial charge in [-0.15, -0.1) is 17.8 Å². The van der Waals surface area contributed by atoms with Crippen LogP contribution in [0.4, 0.5) is 0 Å². The first kappa shape index (κ1) is 41.7. The van der Waals surface area contributed by atoms with Gasteiger partial charge in [0, 0.05) is 52.6 Å². The fourth-order valence-electron chi connectivity index (χ4n) is 6.21. The van der Waals surface area contributed by atoms with Crippen LogP contribution < -0.4 is 14.2 Å². The van der Waals surface area contributed by atoms with Crippen LogP contribution >= 0.6 is 0 Å². The summed E-state index contributed by atoms with van der Waals surface area (Å²) in [7, 11) is 0. The van der Waals surface area contributed by atoms with E-state index in [9.17, 15) is 0 Å². The SMILES string of the molecule is CC#Cc1ccc(Cc2c(OCCC(C)C)c(Cc3ccc(C#CC)cc3)c(OCCC(C)C)c(Cc3ccc(C#CC)cc3)c2OCCC(C)C)cc1. The van der Waals surface area contributed by atoms with Gasteiger partial charge in [-0.05, 0) is 111 Å². The zero-order valence-corrected chi connectivity index (χ0v) is 34.2. The highest BCUT2D eigenvalue weighted by molar-refractivity contribution is 5.66. The quantitative estimate of drug-likeness (QED) is 0.0958. The highest BCUT2D eigenvalue weighted by atomic mass is 16.5. The van der Waals surface area contributed by atoms with Crippen molar-refractivity contribution in [2.45, 2.75) is 101 Å². The summed E-state index contributed by atoms with van der Waals surface area (Å²) in [5, 5.41) is 0. The third kappa shape index (κ3) is 12.8. The molecule has 0 aliphatic heterocycles. The summed E-state index contributed by atoms with van der Waals surface area (Å²) < 4.78 is 21.0. The molecule has 0 amide bonds. The molecule has 0 atom stereocenters. The number of benzene rings is 4. The summed E-state index contributed by atoms with van der Waals surface area (Å²) in [6.45, 7) is 20.9. The van der Waals surface area contributed by atoms with Gasteiger partial charge in [-0.3, -0.25) is 0 Å². The van der Waals surface area contributed by atoms with Gasteiger partial charge in [0.1, 0.15) is 17.2 Å². The summed E-state index contributed by atoms with van der Waals surface area (Å²) in [5.74, 6) is 22.8. The molecule has 3 nitrogen and oxygen atoms in total. The minimum Gasteiger partial charge on any atom is -0.493 e. The van der Waals surface area contributed by atoms with Gasteiger partial charge in [-0.25, -0.2) is 0 Å². The molecule has 0 aliphatic carbocycles. The van der Waals surface area contributed by atoms with Crippen LogP contribution in [-0.4, -0.2) is 19.8 Å². The molecule has 0 saturated carbocycles. The molecule has 3 heteroatoms. The van der Waals surface area contributed by atoms with Crippen LogP contribution in [-0.2, 0) is 19.3 Å². The highest BCUT2D eigenvalue weighted by Gasteiger charge is 2.28. The van der Waals surface area contributed by atoms with E-state index >= 15 is 0 Å². The van der Waals surface area contributed by atoms with Crippen LogP contribution in [0.25, 0.3) is 0 Å². The van der Waals surface area contributed by atoms with Crippen LogP contribution in [0.3, 0.4) is 0 Å². The first-order valence-corrected chi connectivity index (χ1v) is 19.8. The van der Waals surface area contributed by atoms with E-state index in [1.165, 1.54) is 16.7 Å². The maximum Gasteiger partial charge on any atom is 0.133 e. The van der Waals surface area contributed by atoms with Crippen LogP contribution in [0.2, 0.25) is 0 Å². The minimum atomic E-state index is 0.500. The second-order valence-electron chi connectivity index (χ2n) is 15.3. The van der Waals surface area contributed by atoms with Crippen molar-refractivity contribution in [1.82, 2.24) is 0 Å². The standard InChI is InChI=1S/C51H60O3/c1-10-13-40-16-22-43(23-17-40)34-46-49(52-31-28-37(4)5)47(35-44-24-18-41(14-11-2)19-25-44)51(54-33-30-39(8)9)48(50(46)53-32-29-38(6)7)36-45-26-20-42(15-12-3)21-27-45/h16-27,37-39H,28-36H2,1-9H3. The van der Waals surface area contributed by atoms with Gasteiger partial charge < -0.3 is 14.2 Å². The Morgan fingerprint density at radius 1 is 0.389 bits per heavy atom. The lowest BCUT2D eigenvalue weighted by Gasteiger charge is -2.27. The average molecular weight is 721 g/mol. The van der Waals surface area contributed by atoms with Crippen LogP contribution in [0, 0.1) is 53.3 Å². The number of hydrogen-bond acceptors (Lipinski definition) is 3. The molecule has 54 heavy (non-hydrogen) atoms. The second kappa shape index (κ2) is 21.6. The van der Waals surface area contributed by atoms with Crippen molar-refractivity contribution >= 4 is 0 Å². The molecular formula is C51H60O3. The first-order valence-electron chi connectivity index (χ1n) is 19.8. The van der Waals surface area contributed by atoms with E-state index in [1.807, 2.05) is 20.8 Å². The van der Waals surface area contributed by atoms with E-state index in [0.717, 1.165) is 69.9 Å². The van der Waals surface area contributed by atoms with Crippen molar-refractivity contribution in [3.63, 3.8) is 0 Å². The van der Waals surface area contributed by atoms with Crippen LogP contribution in [0.15, 0.2) is 72.8 Å². The molecule has 0 fully saturated rings. The summed E-state index contributed by atoms with van der Waals surface area (Å²) in [6.07, 6.45) is 4.77. The lowest BCUT2D eigenvalue weighted by atomic mass is 9.89. The summed E-state index contributed by atoms with van der Waals surface area (Å²) >= 11 is 0. The molecule has 0 spiro atoms. The molecule has 0 aliphatic rings. The maximum atomic E-state index is 7.01. The number of rotatable bonds is 18. The second-order valence-corrected chi connectivity index (χ2v) is 15.3. The highest BCUT2D eigenvalue weighted by Crippen LogP contribution is 2.47. The maximum absolute atomic E-state index is 7.01. The Labute approximate surface area is 327 Å². The van der Waals surface area contributed by atoms with Gasteiger partial charge in [-0.1, -0.05) is 95.7 Å². The van der Waals surface area contributed by atoms with Crippen molar-refractivity contribution in [2.24, 2.45) is 17.8 Å². The number of ether oxygens (including phenoxy) is 3. The molecule has 0 unspecified atom stereocenters. The van der Waals surface area contributed by atoms with Gasteiger partial charge in [-0.2, -0.15) is 0 Å². The van der Waals surface area contributed by atoms with E-state index in [4.69, 9.17) is 14.2 Å². The van der Waals surface area contributed by atoms with E-state index in [0.29, 0.717) is 56.8 Å². The van der Waals surface area contributed by atoms with E-state index in [2.05, 4.69) is 150 Å². The molecule has 4 aromatic carbocycles. The Morgan fingerprint density at radius 3 is 0.833 bits per heavy atom. The fourth-order valence-corrected chi connectivity index (χ4v) is 6.21. The fraction of sp³-hybridized carbons (Fsp3) is 0.412. The molecule has 0 heterocycles. The van der Waals surface area contributed by atoms with Crippen molar-refractivity contribution in [1.29, 1.82) is 0 Å². The predicted octanol–water partition coefficient (Wildman–Crippen LogP) is 11.8. The zero-order chi connectivity index (χ0) is 38.9. The molecule has 4 rings (SSSR count). The van der Waals surface area contributed by atoms with E-state index < -0.39 is 0 Å². The normalized spacial score (nSPS) is 10.7. The van der Waals surface area contributed by atoms with Gasteiger partial charge in [0.05, 0.1) is 19.8 Å². The van der Waals surface area contributed by atoms with Gasteiger partial charge in [0.2, 0.25) is 0 Å². The monoisotopic (exact) mass is 720 g/mol. The number of hydrogen-bond donors (Lipinski definition) is 0. The van der Waals surface area contributed by atoms with Crippen LogP contribution in [0.5, 0.6) is 17.2 Å². The molecule has 0 bridgehead atoms. The average Bonchev–Trinajstić information content (AvgIpc) is 3.14. The first-order chi connectivity index (χ1) is 26.1. The molecule has 0 N–H and O–H groups in total. The molecule has 0 radical (unpaired) electrons. The Kier molecular flexibility index (Phi) is 16.7. The van der Waals surface area contributed by atoms with Crippen molar-refractivity contribution in [3.05, 3.63) is 123 Å². The summed E-state index contributed by atoms with van der Waals surface area (Å²) in [4.78, 5) is 0. The Balaban J connectivity index is 2.06. The largest absolute Gasteiger partial charge is 0.493 e. The Hall–Kier alpha value is -5.04. The lowest BCUT2D eigenvalue weighted by Crippen LogP contribution is -2.15. The zero-order valence-electron chi connectivity index (χ0n) is 34.2. The minimum absolute atomic E-state index is 0.500. The third-order valence-electron chi connectivity index (χ3n) is 9.28. The Morgan fingerprint density at radius 2 is 0.630 bits per heavy atom. The van der Waals surface area contributed by atoms with Gasteiger partial charge in [0.15, 0.2) is 0 Å². The predicted molar refractivity (Wildman–Crippen MR) is 227 cm³/mol. The summed E-state index contributed by atoms with van der Waals surface area (Å²) in [6, 6.07) is 25.7. The van der Waals surface area contributed by atoms with E-state index in [1.54, 1.807) is 0 Å². The van der Waals surface area contributed by atoms with Crippen LogP contribution in [0.1, 0.15) is 132 Å². The topological polar surface area (TPSA) is 27.7 Å². The van der Waals surface area contributed by atoms with Crippen molar-refractivity contribution < 1.29 is 14.2 Å². The third-order valence-corrected chi connectivity index (χ3v) is 9.28. The smallest absolute Gasteiger partial charge is 0.133 e. The van der Waals surface area contributed by atoms with Crippen molar-refractivity contribution in [2.75, 3.05) is 19.8 Å². The molecular weight excluding hydrogens is 661 g/mol. The molecule has 0 saturated heterocycles. The molecule has 282 valence electrons.